The number of aliphatic hydroxyl groups excluding tert-OH is 1. The zero-order valence-corrected chi connectivity index (χ0v) is 6.27. The smallest absolute Gasteiger partial charge is 0.0668 e. The van der Waals surface area contributed by atoms with Crippen LogP contribution in [0.25, 0.3) is 0 Å². The van der Waals surface area contributed by atoms with Crippen LogP contribution in [0.4, 0.5) is 0 Å². The summed E-state index contributed by atoms with van der Waals surface area (Å²) in [5.74, 6) is 1.04. The maximum Gasteiger partial charge on any atom is 0.0668 e. The topological polar surface area (TPSA) is 32.3 Å². The van der Waals surface area contributed by atoms with Gasteiger partial charge in [-0.05, 0) is 18.9 Å². The molecule has 0 bridgehead atoms. The van der Waals surface area contributed by atoms with Crippen LogP contribution >= 0.6 is 12.6 Å². The van der Waals surface area contributed by atoms with Gasteiger partial charge in [0.25, 0.3) is 0 Å². The van der Waals surface area contributed by atoms with Crippen molar-refractivity contribution in [2.75, 3.05) is 18.8 Å². The van der Waals surface area contributed by atoms with Crippen molar-refractivity contribution in [2.45, 2.75) is 12.5 Å². The van der Waals surface area contributed by atoms with Crippen molar-refractivity contribution >= 4 is 12.6 Å². The minimum atomic E-state index is -0.205. The molecule has 1 fully saturated rings. The molecular formula is C6H13NOS. The third-order valence-electron chi connectivity index (χ3n) is 1.83. The molecule has 0 aromatic rings. The molecule has 1 rings (SSSR count). The lowest BCUT2D eigenvalue weighted by atomic mass is 10.0. The Balaban J connectivity index is 2.24. The normalized spacial score (nSPS) is 30.7. The SMILES string of the molecule is OC(CS)C1CCNC1. The fourth-order valence-electron chi connectivity index (χ4n) is 1.15. The number of hydrogen-bond acceptors (Lipinski definition) is 3. The van der Waals surface area contributed by atoms with Gasteiger partial charge in [0, 0.05) is 12.3 Å². The molecule has 2 unspecified atom stereocenters. The molecule has 0 aromatic heterocycles. The monoisotopic (exact) mass is 147 g/mol. The van der Waals surface area contributed by atoms with E-state index in [1.807, 2.05) is 0 Å². The van der Waals surface area contributed by atoms with E-state index >= 15 is 0 Å². The Labute approximate surface area is 61.1 Å². The van der Waals surface area contributed by atoms with Crippen molar-refractivity contribution in [1.82, 2.24) is 5.32 Å². The zero-order valence-electron chi connectivity index (χ0n) is 5.38. The maximum absolute atomic E-state index is 9.24. The third-order valence-corrected chi connectivity index (χ3v) is 2.20. The van der Waals surface area contributed by atoms with Crippen LogP contribution in [0.3, 0.4) is 0 Å². The molecule has 2 N–H and O–H groups in total. The number of nitrogens with one attached hydrogen (secondary N) is 1. The van der Waals surface area contributed by atoms with Gasteiger partial charge in [-0.25, -0.2) is 0 Å². The van der Waals surface area contributed by atoms with Crippen LogP contribution in [0.2, 0.25) is 0 Å². The highest BCUT2D eigenvalue weighted by Gasteiger charge is 2.20. The molecule has 2 atom stereocenters. The Morgan fingerprint density at radius 3 is 3.00 bits per heavy atom. The average Bonchev–Trinajstić information content (AvgIpc) is 2.37. The van der Waals surface area contributed by atoms with E-state index in [4.69, 9.17) is 0 Å². The molecule has 0 aliphatic carbocycles. The van der Waals surface area contributed by atoms with Crippen LogP contribution in [-0.4, -0.2) is 30.1 Å². The molecule has 1 heterocycles. The maximum atomic E-state index is 9.24. The molecule has 54 valence electrons. The van der Waals surface area contributed by atoms with Crippen molar-refractivity contribution in [2.24, 2.45) is 5.92 Å². The highest BCUT2D eigenvalue weighted by molar-refractivity contribution is 7.80. The Morgan fingerprint density at radius 1 is 1.78 bits per heavy atom. The Kier molecular flexibility index (Phi) is 2.82. The second kappa shape index (κ2) is 3.44. The first-order valence-corrected chi connectivity index (χ1v) is 3.97. The molecule has 1 aliphatic heterocycles. The summed E-state index contributed by atoms with van der Waals surface area (Å²) in [4.78, 5) is 0. The molecule has 0 spiro atoms. The summed E-state index contributed by atoms with van der Waals surface area (Å²) in [6.45, 7) is 2.01. The number of rotatable bonds is 2. The van der Waals surface area contributed by atoms with Gasteiger partial charge < -0.3 is 10.4 Å². The molecular weight excluding hydrogens is 134 g/mol. The van der Waals surface area contributed by atoms with E-state index in [1.165, 1.54) is 0 Å². The summed E-state index contributed by atoms with van der Waals surface area (Å²) in [6.07, 6.45) is 0.894. The van der Waals surface area contributed by atoms with E-state index in [9.17, 15) is 5.11 Å². The summed E-state index contributed by atoms with van der Waals surface area (Å²) >= 11 is 4.01. The summed E-state index contributed by atoms with van der Waals surface area (Å²) in [5.41, 5.74) is 0. The van der Waals surface area contributed by atoms with Crippen LogP contribution < -0.4 is 5.32 Å². The van der Waals surface area contributed by atoms with Crippen molar-refractivity contribution < 1.29 is 5.11 Å². The fraction of sp³-hybridized carbons (Fsp3) is 1.00. The largest absolute Gasteiger partial charge is 0.392 e. The third kappa shape index (κ3) is 1.85. The molecule has 0 aromatic carbocycles. The van der Waals surface area contributed by atoms with Gasteiger partial charge in [-0.2, -0.15) is 12.6 Å². The molecule has 3 heteroatoms. The summed E-state index contributed by atoms with van der Waals surface area (Å²) in [7, 11) is 0. The fourth-order valence-corrected chi connectivity index (χ4v) is 1.45. The van der Waals surface area contributed by atoms with Crippen molar-refractivity contribution in [1.29, 1.82) is 0 Å². The van der Waals surface area contributed by atoms with Gasteiger partial charge in [-0.1, -0.05) is 0 Å². The van der Waals surface area contributed by atoms with Crippen LogP contribution in [0, 0.1) is 5.92 Å². The Morgan fingerprint density at radius 2 is 2.56 bits per heavy atom. The van der Waals surface area contributed by atoms with Crippen molar-refractivity contribution in [3.05, 3.63) is 0 Å². The van der Waals surface area contributed by atoms with E-state index in [0.717, 1.165) is 19.5 Å². The molecule has 9 heavy (non-hydrogen) atoms. The zero-order chi connectivity index (χ0) is 6.69. The van der Waals surface area contributed by atoms with E-state index in [1.54, 1.807) is 0 Å². The minimum Gasteiger partial charge on any atom is -0.392 e. The second-order valence-corrected chi connectivity index (χ2v) is 2.87. The number of hydrogen-bond donors (Lipinski definition) is 3. The lowest BCUT2D eigenvalue weighted by Crippen LogP contribution is -2.23. The lowest BCUT2D eigenvalue weighted by Gasteiger charge is -2.13. The van der Waals surface area contributed by atoms with Crippen LogP contribution in [0.1, 0.15) is 6.42 Å². The van der Waals surface area contributed by atoms with Crippen molar-refractivity contribution in [3.8, 4) is 0 Å². The summed E-state index contributed by atoms with van der Waals surface area (Å²) in [6, 6.07) is 0. The molecule has 1 saturated heterocycles. The second-order valence-electron chi connectivity index (χ2n) is 2.50. The van der Waals surface area contributed by atoms with Gasteiger partial charge in [-0.15, -0.1) is 0 Å². The van der Waals surface area contributed by atoms with E-state index in [-0.39, 0.29) is 6.10 Å². The van der Waals surface area contributed by atoms with Gasteiger partial charge in [-0.3, -0.25) is 0 Å². The first-order valence-electron chi connectivity index (χ1n) is 3.34. The van der Waals surface area contributed by atoms with Gasteiger partial charge in [0.1, 0.15) is 0 Å². The van der Waals surface area contributed by atoms with Gasteiger partial charge in [0.05, 0.1) is 6.10 Å². The summed E-state index contributed by atoms with van der Waals surface area (Å²) < 4.78 is 0. The number of aliphatic hydroxyl groups is 1. The molecule has 2 nitrogen and oxygen atoms in total. The van der Waals surface area contributed by atoms with Crippen LogP contribution in [-0.2, 0) is 0 Å². The molecule has 0 amide bonds. The quantitative estimate of drug-likeness (QED) is 0.476. The van der Waals surface area contributed by atoms with E-state index in [0.29, 0.717) is 11.7 Å². The Hall–Kier alpha value is 0.270. The lowest BCUT2D eigenvalue weighted by molar-refractivity contribution is 0.140. The highest BCUT2D eigenvalue weighted by atomic mass is 32.1. The highest BCUT2D eigenvalue weighted by Crippen LogP contribution is 2.12. The average molecular weight is 147 g/mol. The molecule has 1 aliphatic rings. The molecule has 0 saturated carbocycles. The van der Waals surface area contributed by atoms with Crippen LogP contribution in [0.15, 0.2) is 0 Å². The summed E-state index contributed by atoms with van der Waals surface area (Å²) in [5, 5.41) is 12.4. The van der Waals surface area contributed by atoms with E-state index in [2.05, 4.69) is 17.9 Å². The first kappa shape index (κ1) is 7.38. The number of thiol groups is 1. The predicted molar refractivity (Wildman–Crippen MR) is 40.8 cm³/mol. The van der Waals surface area contributed by atoms with Gasteiger partial charge >= 0.3 is 0 Å². The minimum absolute atomic E-state index is 0.205. The first-order chi connectivity index (χ1) is 4.34. The van der Waals surface area contributed by atoms with Crippen LogP contribution in [0.5, 0.6) is 0 Å². The van der Waals surface area contributed by atoms with E-state index < -0.39 is 0 Å². The predicted octanol–water partition coefficient (Wildman–Crippen LogP) is -0.113. The van der Waals surface area contributed by atoms with Crippen molar-refractivity contribution in [3.63, 3.8) is 0 Å². The Bertz CT molecular complexity index is 83.1. The standard InChI is InChI=1S/C6H13NOS/c8-6(4-9)5-1-2-7-3-5/h5-9H,1-4H2. The molecule has 0 radical (unpaired) electrons. The van der Waals surface area contributed by atoms with Gasteiger partial charge in [0.2, 0.25) is 0 Å². The van der Waals surface area contributed by atoms with Gasteiger partial charge in [0.15, 0.2) is 0 Å².